The van der Waals surface area contributed by atoms with Crippen molar-refractivity contribution >= 4 is 0 Å². The van der Waals surface area contributed by atoms with Crippen molar-refractivity contribution in [1.82, 2.24) is 5.32 Å². The highest BCUT2D eigenvalue weighted by Gasteiger charge is 2.21. The molecule has 1 unspecified atom stereocenters. The van der Waals surface area contributed by atoms with E-state index in [4.69, 9.17) is 4.74 Å². The highest BCUT2D eigenvalue weighted by molar-refractivity contribution is 5.67. The minimum atomic E-state index is 0.525. The predicted molar refractivity (Wildman–Crippen MR) is 83.3 cm³/mol. The molecule has 2 aromatic carbocycles. The van der Waals surface area contributed by atoms with Crippen LogP contribution in [-0.2, 0) is 6.42 Å². The first-order chi connectivity index (χ1) is 9.72. The van der Waals surface area contributed by atoms with Crippen LogP contribution in [0.25, 0.3) is 11.1 Å². The van der Waals surface area contributed by atoms with E-state index in [0.717, 1.165) is 5.75 Å². The quantitative estimate of drug-likeness (QED) is 0.911. The molecule has 104 valence electrons. The van der Waals surface area contributed by atoms with E-state index in [2.05, 4.69) is 42.6 Å². The molecular weight excluding hydrogens is 246 g/mol. The fourth-order valence-electron chi connectivity index (χ4n) is 3.15. The molecule has 0 heterocycles. The lowest BCUT2D eigenvalue weighted by molar-refractivity contribution is 0.412. The van der Waals surface area contributed by atoms with E-state index >= 15 is 0 Å². The molecule has 20 heavy (non-hydrogen) atoms. The van der Waals surface area contributed by atoms with Crippen molar-refractivity contribution < 1.29 is 4.74 Å². The summed E-state index contributed by atoms with van der Waals surface area (Å²) in [6.07, 6.45) is 2.38. The van der Waals surface area contributed by atoms with Gasteiger partial charge in [-0.05, 0) is 66.8 Å². The van der Waals surface area contributed by atoms with E-state index < -0.39 is 0 Å². The van der Waals surface area contributed by atoms with Crippen LogP contribution in [0.4, 0.5) is 0 Å². The van der Waals surface area contributed by atoms with Crippen molar-refractivity contribution in [2.75, 3.05) is 14.2 Å². The number of aryl methyl sites for hydroxylation is 2. The van der Waals surface area contributed by atoms with Gasteiger partial charge in [-0.2, -0.15) is 0 Å². The predicted octanol–water partition coefficient (Wildman–Crippen LogP) is 3.88. The molecule has 0 bridgehead atoms. The van der Waals surface area contributed by atoms with Gasteiger partial charge in [-0.1, -0.05) is 24.3 Å². The number of ether oxygens (including phenoxy) is 1. The van der Waals surface area contributed by atoms with Gasteiger partial charge in [0.15, 0.2) is 0 Å². The summed E-state index contributed by atoms with van der Waals surface area (Å²) in [4.78, 5) is 0. The van der Waals surface area contributed by atoms with Gasteiger partial charge in [-0.3, -0.25) is 0 Å². The Balaban J connectivity index is 1.98. The molecule has 2 nitrogen and oxygen atoms in total. The summed E-state index contributed by atoms with van der Waals surface area (Å²) in [7, 11) is 3.76. The lowest BCUT2D eigenvalue weighted by Gasteiger charge is -2.12. The number of methoxy groups -OCH3 is 1. The fraction of sp³-hybridized carbons (Fsp3) is 0.333. The van der Waals surface area contributed by atoms with Crippen LogP contribution in [-0.4, -0.2) is 14.2 Å². The van der Waals surface area contributed by atoms with Crippen molar-refractivity contribution in [1.29, 1.82) is 0 Å². The van der Waals surface area contributed by atoms with Crippen LogP contribution in [0, 0.1) is 6.92 Å². The van der Waals surface area contributed by atoms with Crippen molar-refractivity contribution in [2.45, 2.75) is 25.8 Å². The third kappa shape index (κ3) is 2.20. The highest BCUT2D eigenvalue weighted by Crippen LogP contribution is 2.34. The second-order valence-electron chi connectivity index (χ2n) is 5.48. The van der Waals surface area contributed by atoms with E-state index in [1.807, 2.05) is 13.1 Å². The zero-order chi connectivity index (χ0) is 14.1. The summed E-state index contributed by atoms with van der Waals surface area (Å²) in [6, 6.07) is 13.8. The average Bonchev–Trinajstić information content (AvgIpc) is 2.89. The zero-order valence-corrected chi connectivity index (χ0v) is 12.4. The summed E-state index contributed by atoms with van der Waals surface area (Å²) >= 11 is 0. The Labute approximate surface area is 120 Å². The number of benzene rings is 2. The van der Waals surface area contributed by atoms with E-state index in [9.17, 15) is 0 Å². The Kier molecular flexibility index (Phi) is 3.49. The summed E-state index contributed by atoms with van der Waals surface area (Å²) in [5, 5.41) is 3.39. The number of hydrogen-bond acceptors (Lipinski definition) is 2. The smallest absolute Gasteiger partial charge is 0.121 e. The van der Waals surface area contributed by atoms with Crippen LogP contribution in [0.3, 0.4) is 0 Å². The van der Waals surface area contributed by atoms with E-state index in [-0.39, 0.29) is 0 Å². The van der Waals surface area contributed by atoms with Crippen LogP contribution in [0.15, 0.2) is 36.4 Å². The summed E-state index contributed by atoms with van der Waals surface area (Å²) in [5.74, 6) is 0.949. The van der Waals surface area contributed by atoms with Crippen LogP contribution in [0.5, 0.6) is 5.75 Å². The molecule has 0 amide bonds. The van der Waals surface area contributed by atoms with Crippen LogP contribution in [0.1, 0.15) is 29.2 Å². The van der Waals surface area contributed by atoms with Gasteiger partial charge in [0.1, 0.15) is 5.75 Å². The molecule has 1 aliphatic carbocycles. The average molecular weight is 267 g/mol. The highest BCUT2D eigenvalue weighted by atomic mass is 16.5. The second-order valence-corrected chi connectivity index (χ2v) is 5.48. The Bertz CT molecular complexity index is 633. The first-order valence-electron chi connectivity index (χ1n) is 7.18. The largest absolute Gasteiger partial charge is 0.496 e. The van der Waals surface area contributed by atoms with Crippen molar-refractivity contribution in [3.63, 3.8) is 0 Å². The fourth-order valence-corrected chi connectivity index (χ4v) is 3.15. The number of fused-ring (bicyclic) bond motifs is 1. The van der Waals surface area contributed by atoms with Crippen molar-refractivity contribution in [2.24, 2.45) is 0 Å². The number of nitrogens with one attached hydrogen (secondary N) is 1. The molecule has 3 rings (SSSR count). The van der Waals surface area contributed by atoms with Crippen LogP contribution < -0.4 is 10.1 Å². The molecule has 0 saturated carbocycles. The zero-order valence-electron chi connectivity index (χ0n) is 12.4. The molecule has 0 aromatic heterocycles. The molecule has 2 heteroatoms. The van der Waals surface area contributed by atoms with Gasteiger partial charge in [0.2, 0.25) is 0 Å². The van der Waals surface area contributed by atoms with Gasteiger partial charge in [0, 0.05) is 6.04 Å². The van der Waals surface area contributed by atoms with Crippen LogP contribution in [0.2, 0.25) is 0 Å². The molecule has 2 aromatic rings. The monoisotopic (exact) mass is 267 g/mol. The van der Waals surface area contributed by atoms with E-state index in [0.29, 0.717) is 6.04 Å². The Morgan fingerprint density at radius 3 is 2.55 bits per heavy atom. The first-order valence-corrected chi connectivity index (χ1v) is 7.18. The molecule has 0 spiro atoms. The third-order valence-corrected chi connectivity index (χ3v) is 4.30. The Hall–Kier alpha value is -1.80. The van der Waals surface area contributed by atoms with Crippen molar-refractivity contribution in [3.05, 3.63) is 53.1 Å². The third-order valence-electron chi connectivity index (χ3n) is 4.30. The molecular formula is C18H21NO. The van der Waals surface area contributed by atoms with Gasteiger partial charge >= 0.3 is 0 Å². The lowest BCUT2D eigenvalue weighted by Crippen LogP contribution is -2.12. The maximum Gasteiger partial charge on any atom is 0.121 e. The summed E-state index contributed by atoms with van der Waals surface area (Å²) in [5.41, 5.74) is 6.68. The lowest BCUT2D eigenvalue weighted by atomic mass is 9.98. The molecule has 1 N–H and O–H groups in total. The Morgan fingerprint density at radius 2 is 1.85 bits per heavy atom. The van der Waals surface area contributed by atoms with Crippen LogP contribution >= 0.6 is 0 Å². The van der Waals surface area contributed by atoms with Gasteiger partial charge < -0.3 is 10.1 Å². The topological polar surface area (TPSA) is 21.3 Å². The molecule has 0 saturated heterocycles. The van der Waals surface area contributed by atoms with Gasteiger partial charge in [-0.25, -0.2) is 0 Å². The number of hydrogen-bond donors (Lipinski definition) is 1. The molecule has 1 atom stereocenters. The summed E-state index contributed by atoms with van der Waals surface area (Å²) < 4.78 is 5.33. The normalized spacial score (nSPS) is 17.1. The standard InChI is InChI=1S/C18H21NO/c1-12-10-13(6-9-18(12)20-3)14-4-7-16-15(11-14)5-8-17(16)19-2/h4,6-7,9-11,17,19H,5,8H2,1-3H3. The first kappa shape index (κ1) is 13.2. The maximum absolute atomic E-state index is 5.33. The van der Waals surface area contributed by atoms with E-state index in [1.165, 1.54) is 40.7 Å². The van der Waals surface area contributed by atoms with Gasteiger partial charge in [0.05, 0.1) is 7.11 Å². The molecule has 0 aliphatic heterocycles. The SMILES string of the molecule is CNC1CCc2cc(-c3ccc(OC)c(C)c3)ccc21. The molecule has 0 radical (unpaired) electrons. The van der Waals surface area contributed by atoms with Gasteiger partial charge in [0.25, 0.3) is 0 Å². The number of rotatable bonds is 3. The van der Waals surface area contributed by atoms with Gasteiger partial charge in [-0.15, -0.1) is 0 Å². The van der Waals surface area contributed by atoms with Crippen molar-refractivity contribution in [3.8, 4) is 16.9 Å². The van der Waals surface area contributed by atoms with E-state index in [1.54, 1.807) is 7.11 Å². The minimum absolute atomic E-state index is 0.525. The molecule has 1 aliphatic rings. The Morgan fingerprint density at radius 1 is 1.10 bits per heavy atom. The minimum Gasteiger partial charge on any atom is -0.496 e. The molecule has 0 fully saturated rings. The second kappa shape index (κ2) is 5.29. The maximum atomic E-state index is 5.33. The summed E-state index contributed by atoms with van der Waals surface area (Å²) in [6.45, 7) is 2.09.